The van der Waals surface area contributed by atoms with E-state index in [4.69, 9.17) is 0 Å². The maximum absolute atomic E-state index is 3.45. The number of hydrogen-bond acceptors (Lipinski definition) is 4. The minimum Gasteiger partial charge on any atom is -0.370 e. The molecule has 0 aliphatic carbocycles. The van der Waals surface area contributed by atoms with Gasteiger partial charge in [-0.2, -0.15) is 0 Å². The van der Waals surface area contributed by atoms with Crippen molar-refractivity contribution in [1.82, 2.24) is 16.2 Å². The molecule has 0 bridgehead atoms. The van der Waals surface area contributed by atoms with Gasteiger partial charge >= 0.3 is 0 Å². The quantitative estimate of drug-likeness (QED) is 0.752. The average molecular weight is 260 g/mol. The lowest BCUT2D eigenvalue weighted by molar-refractivity contribution is 0.560. The van der Waals surface area contributed by atoms with Gasteiger partial charge in [-0.15, -0.1) is 0 Å². The van der Waals surface area contributed by atoms with Crippen LogP contribution in [0.5, 0.6) is 0 Å². The summed E-state index contributed by atoms with van der Waals surface area (Å²) in [5.41, 5.74) is 9.38. The summed E-state index contributed by atoms with van der Waals surface area (Å²) in [5, 5.41) is 3.45. The number of benzene rings is 1. The van der Waals surface area contributed by atoms with Crippen LogP contribution < -0.4 is 21.1 Å². The molecule has 2 fully saturated rings. The summed E-state index contributed by atoms with van der Waals surface area (Å²) >= 11 is 0. The zero-order valence-electron chi connectivity index (χ0n) is 11.7. The molecule has 1 aromatic carbocycles. The third-order valence-corrected chi connectivity index (χ3v) is 4.09. The molecule has 19 heavy (non-hydrogen) atoms. The molecular formula is C15H24N4. The fourth-order valence-corrected chi connectivity index (χ4v) is 2.96. The average Bonchev–Trinajstić information content (AvgIpc) is 2.72. The number of hydrogen-bond donors (Lipinski definition) is 3. The van der Waals surface area contributed by atoms with Gasteiger partial charge in [0.05, 0.1) is 0 Å². The van der Waals surface area contributed by atoms with Crippen molar-refractivity contribution in [3.8, 4) is 0 Å². The first-order chi connectivity index (χ1) is 9.33. The molecule has 2 heterocycles. The SMILES string of the molecule is CC1CC(c2ccc(N3CCCNCC3)cc2)NN1. The van der Waals surface area contributed by atoms with Crippen LogP contribution in [0.4, 0.5) is 5.69 Å². The van der Waals surface area contributed by atoms with Gasteiger partial charge in [0, 0.05) is 37.4 Å². The lowest BCUT2D eigenvalue weighted by Crippen LogP contribution is -2.29. The van der Waals surface area contributed by atoms with E-state index in [2.05, 4.69) is 52.3 Å². The Balaban J connectivity index is 1.67. The van der Waals surface area contributed by atoms with Gasteiger partial charge in [0.1, 0.15) is 0 Å². The predicted octanol–water partition coefficient (Wildman–Crippen LogP) is 1.41. The summed E-state index contributed by atoms with van der Waals surface area (Å²) in [4.78, 5) is 2.48. The molecule has 0 spiro atoms. The molecule has 0 aromatic heterocycles. The Labute approximate surface area is 115 Å². The van der Waals surface area contributed by atoms with Crippen LogP contribution in [0.15, 0.2) is 24.3 Å². The lowest BCUT2D eigenvalue weighted by Gasteiger charge is -2.23. The van der Waals surface area contributed by atoms with E-state index in [1.165, 1.54) is 17.7 Å². The van der Waals surface area contributed by atoms with Crippen LogP contribution in [0.2, 0.25) is 0 Å². The molecule has 0 amide bonds. The van der Waals surface area contributed by atoms with Gasteiger partial charge in [-0.3, -0.25) is 10.9 Å². The summed E-state index contributed by atoms with van der Waals surface area (Å²) in [7, 11) is 0. The fourth-order valence-electron chi connectivity index (χ4n) is 2.96. The number of anilines is 1. The first kappa shape index (κ1) is 12.9. The second kappa shape index (κ2) is 5.90. The smallest absolute Gasteiger partial charge is 0.0477 e. The van der Waals surface area contributed by atoms with Crippen LogP contribution in [-0.4, -0.2) is 32.2 Å². The van der Waals surface area contributed by atoms with Crippen LogP contribution in [0.25, 0.3) is 0 Å². The standard InChI is InChI=1S/C15H24N4/c1-12-11-15(18-17-12)13-3-5-14(6-4-13)19-9-2-7-16-8-10-19/h3-6,12,15-18H,2,7-11H2,1H3. The van der Waals surface area contributed by atoms with Gasteiger partial charge < -0.3 is 10.2 Å². The molecule has 104 valence electrons. The zero-order valence-corrected chi connectivity index (χ0v) is 11.7. The van der Waals surface area contributed by atoms with Crippen molar-refractivity contribution in [2.24, 2.45) is 0 Å². The first-order valence-electron chi connectivity index (χ1n) is 7.39. The van der Waals surface area contributed by atoms with Gasteiger partial charge in [0.2, 0.25) is 0 Å². The maximum Gasteiger partial charge on any atom is 0.0477 e. The van der Waals surface area contributed by atoms with Gasteiger partial charge in [-0.05, 0) is 44.0 Å². The summed E-state index contributed by atoms with van der Waals surface area (Å²) < 4.78 is 0. The minimum absolute atomic E-state index is 0.454. The van der Waals surface area contributed by atoms with Gasteiger partial charge in [0.25, 0.3) is 0 Å². The fraction of sp³-hybridized carbons (Fsp3) is 0.600. The minimum atomic E-state index is 0.454. The van der Waals surface area contributed by atoms with Crippen LogP contribution in [0.3, 0.4) is 0 Å². The molecule has 2 aliphatic heterocycles. The summed E-state index contributed by atoms with van der Waals surface area (Å²) in [5.74, 6) is 0. The first-order valence-corrected chi connectivity index (χ1v) is 7.39. The van der Waals surface area contributed by atoms with Crippen LogP contribution in [0, 0.1) is 0 Å². The summed E-state index contributed by atoms with van der Waals surface area (Å²) in [6, 6.07) is 10.1. The highest BCUT2D eigenvalue weighted by Crippen LogP contribution is 2.24. The molecule has 0 radical (unpaired) electrons. The molecule has 0 saturated carbocycles. The van der Waals surface area contributed by atoms with Crippen molar-refractivity contribution in [3.05, 3.63) is 29.8 Å². The largest absolute Gasteiger partial charge is 0.370 e. The van der Waals surface area contributed by atoms with E-state index in [1.807, 2.05) is 0 Å². The highest BCUT2D eigenvalue weighted by Gasteiger charge is 2.21. The Morgan fingerprint density at radius 1 is 1.05 bits per heavy atom. The molecule has 1 aromatic rings. The normalized spacial score (nSPS) is 28.4. The van der Waals surface area contributed by atoms with E-state index in [0.717, 1.165) is 32.6 Å². The van der Waals surface area contributed by atoms with Crippen molar-refractivity contribution < 1.29 is 0 Å². The molecule has 2 unspecified atom stereocenters. The summed E-state index contributed by atoms with van der Waals surface area (Å²) in [6.07, 6.45) is 2.39. The van der Waals surface area contributed by atoms with Gasteiger partial charge in [0.15, 0.2) is 0 Å². The number of rotatable bonds is 2. The molecule has 3 N–H and O–H groups in total. The van der Waals surface area contributed by atoms with E-state index in [0.29, 0.717) is 12.1 Å². The molecule has 4 heteroatoms. The van der Waals surface area contributed by atoms with Crippen molar-refractivity contribution in [3.63, 3.8) is 0 Å². The lowest BCUT2D eigenvalue weighted by atomic mass is 10.0. The van der Waals surface area contributed by atoms with E-state index in [-0.39, 0.29) is 0 Å². The van der Waals surface area contributed by atoms with Gasteiger partial charge in [-0.1, -0.05) is 12.1 Å². The highest BCUT2D eigenvalue weighted by molar-refractivity contribution is 5.48. The number of hydrazine groups is 1. The Morgan fingerprint density at radius 2 is 1.89 bits per heavy atom. The van der Waals surface area contributed by atoms with E-state index in [1.54, 1.807) is 0 Å². The second-order valence-electron chi connectivity index (χ2n) is 5.66. The zero-order chi connectivity index (χ0) is 13.1. The Morgan fingerprint density at radius 3 is 2.63 bits per heavy atom. The predicted molar refractivity (Wildman–Crippen MR) is 79.2 cm³/mol. The van der Waals surface area contributed by atoms with Crippen LogP contribution >= 0.6 is 0 Å². The van der Waals surface area contributed by atoms with Crippen molar-refractivity contribution in [2.45, 2.75) is 31.8 Å². The Kier molecular flexibility index (Phi) is 4.01. The molecule has 2 saturated heterocycles. The van der Waals surface area contributed by atoms with Crippen LogP contribution in [-0.2, 0) is 0 Å². The third-order valence-electron chi connectivity index (χ3n) is 4.09. The Hall–Kier alpha value is -1.10. The number of nitrogens with zero attached hydrogens (tertiary/aromatic N) is 1. The second-order valence-corrected chi connectivity index (χ2v) is 5.66. The monoisotopic (exact) mass is 260 g/mol. The molecule has 2 aliphatic rings. The number of nitrogens with one attached hydrogen (secondary N) is 3. The van der Waals surface area contributed by atoms with Gasteiger partial charge in [-0.25, -0.2) is 0 Å². The Bertz CT molecular complexity index is 395. The van der Waals surface area contributed by atoms with Crippen molar-refractivity contribution >= 4 is 5.69 Å². The van der Waals surface area contributed by atoms with Crippen molar-refractivity contribution in [2.75, 3.05) is 31.1 Å². The summed E-state index contributed by atoms with van der Waals surface area (Å²) in [6.45, 7) is 6.72. The molecular weight excluding hydrogens is 236 g/mol. The third kappa shape index (κ3) is 3.08. The molecule has 3 rings (SSSR count). The van der Waals surface area contributed by atoms with E-state index in [9.17, 15) is 0 Å². The maximum atomic E-state index is 3.45. The topological polar surface area (TPSA) is 39.3 Å². The van der Waals surface area contributed by atoms with Crippen molar-refractivity contribution in [1.29, 1.82) is 0 Å². The highest BCUT2D eigenvalue weighted by atomic mass is 15.4. The van der Waals surface area contributed by atoms with E-state index >= 15 is 0 Å². The van der Waals surface area contributed by atoms with E-state index < -0.39 is 0 Å². The van der Waals surface area contributed by atoms with Crippen LogP contribution in [0.1, 0.15) is 31.4 Å². The molecule has 2 atom stereocenters. The molecule has 4 nitrogen and oxygen atoms in total.